The number of aliphatic imine (C=N–C) groups is 1. The number of hydrogen-bond acceptors (Lipinski definition) is 4. The van der Waals surface area contributed by atoms with Crippen molar-refractivity contribution in [2.75, 3.05) is 38.7 Å². The van der Waals surface area contributed by atoms with Gasteiger partial charge < -0.3 is 20.5 Å². The fourth-order valence-corrected chi connectivity index (χ4v) is 3.35. The van der Waals surface area contributed by atoms with E-state index in [9.17, 15) is 0 Å². The summed E-state index contributed by atoms with van der Waals surface area (Å²) < 4.78 is 11.4. The standard InChI is InChI=1S/C23H32N4O2.HI/c1-18-6-8-20(9-7-18)26-23(24)25-17-19-4-3-5-22(16-19)29-15-12-27(2)21-10-13-28-14-11-21;/h3-9,16,21H,10-15,17H2,1-2H3,(H3,24,25,26);1H. The van der Waals surface area contributed by atoms with E-state index in [-0.39, 0.29) is 24.0 Å². The minimum Gasteiger partial charge on any atom is -0.492 e. The van der Waals surface area contributed by atoms with Gasteiger partial charge in [-0.3, -0.25) is 4.90 Å². The topological polar surface area (TPSA) is 72.1 Å². The van der Waals surface area contributed by atoms with Crippen LogP contribution < -0.4 is 15.8 Å². The number of nitrogens with two attached hydrogens (primary N) is 1. The molecule has 2 aromatic rings. The average Bonchev–Trinajstić information content (AvgIpc) is 2.75. The Morgan fingerprint density at radius 3 is 2.67 bits per heavy atom. The molecule has 6 nitrogen and oxygen atoms in total. The summed E-state index contributed by atoms with van der Waals surface area (Å²) in [6.07, 6.45) is 2.20. The van der Waals surface area contributed by atoms with Crippen LogP contribution in [0.3, 0.4) is 0 Å². The number of halogens is 1. The van der Waals surface area contributed by atoms with Crippen molar-refractivity contribution in [1.82, 2.24) is 4.90 Å². The molecular formula is C23H33IN4O2. The van der Waals surface area contributed by atoms with Crippen LogP contribution in [-0.2, 0) is 11.3 Å². The van der Waals surface area contributed by atoms with Crippen LogP contribution in [0.1, 0.15) is 24.0 Å². The molecule has 1 fully saturated rings. The normalized spacial score (nSPS) is 15.0. The van der Waals surface area contributed by atoms with Gasteiger partial charge in [0.2, 0.25) is 0 Å². The minimum atomic E-state index is 0. The van der Waals surface area contributed by atoms with E-state index in [1.165, 1.54) is 5.56 Å². The molecule has 30 heavy (non-hydrogen) atoms. The maximum absolute atomic E-state index is 6.01. The molecule has 0 bridgehead atoms. The highest BCUT2D eigenvalue weighted by atomic mass is 127. The van der Waals surface area contributed by atoms with E-state index in [4.69, 9.17) is 15.2 Å². The highest BCUT2D eigenvalue weighted by Gasteiger charge is 2.17. The molecule has 0 radical (unpaired) electrons. The molecule has 164 valence electrons. The molecule has 1 aliphatic rings. The van der Waals surface area contributed by atoms with E-state index in [0.717, 1.165) is 49.6 Å². The quantitative estimate of drug-likeness (QED) is 0.310. The zero-order chi connectivity index (χ0) is 20.5. The summed E-state index contributed by atoms with van der Waals surface area (Å²) in [5.41, 5.74) is 9.21. The van der Waals surface area contributed by atoms with Crippen molar-refractivity contribution in [2.24, 2.45) is 10.7 Å². The zero-order valence-corrected chi connectivity index (χ0v) is 20.2. The lowest BCUT2D eigenvalue weighted by Crippen LogP contribution is -2.38. The second-order valence-corrected chi connectivity index (χ2v) is 7.51. The van der Waals surface area contributed by atoms with Crippen LogP contribution in [0.2, 0.25) is 0 Å². The monoisotopic (exact) mass is 524 g/mol. The van der Waals surface area contributed by atoms with E-state index in [1.54, 1.807) is 0 Å². The van der Waals surface area contributed by atoms with Crippen LogP contribution >= 0.6 is 24.0 Å². The van der Waals surface area contributed by atoms with Gasteiger partial charge in [-0.1, -0.05) is 29.8 Å². The average molecular weight is 524 g/mol. The summed E-state index contributed by atoms with van der Waals surface area (Å²) in [6.45, 7) is 5.85. The summed E-state index contributed by atoms with van der Waals surface area (Å²) in [4.78, 5) is 6.80. The first kappa shape index (κ1) is 24.4. The maximum Gasteiger partial charge on any atom is 0.193 e. The molecule has 0 aromatic heterocycles. The number of hydrogen-bond donors (Lipinski definition) is 2. The number of nitrogens with one attached hydrogen (secondary N) is 1. The summed E-state index contributed by atoms with van der Waals surface area (Å²) in [7, 11) is 2.16. The Labute approximate surface area is 196 Å². The third-order valence-electron chi connectivity index (χ3n) is 5.18. The molecule has 1 heterocycles. The maximum atomic E-state index is 6.01. The van der Waals surface area contributed by atoms with E-state index in [1.807, 2.05) is 48.5 Å². The number of anilines is 1. The van der Waals surface area contributed by atoms with Gasteiger partial charge in [0, 0.05) is 31.5 Å². The Bertz CT molecular complexity index is 792. The number of likely N-dealkylation sites (N-methyl/N-ethyl adjacent to an activating group) is 1. The van der Waals surface area contributed by atoms with Crippen LogP contribution in [0.5, 0.6) is 5.75 Å². The molecule has 2 aromatic carbocycles. The number of nitrogens with zero attached hydrogens (tertiary/aromatic N) is 2. The number of aryl methyl sites for hydroxylation is 1. The van der Waals surface area contributed by atoms with Crippen molar-refractivity contribution in [3.8, 4) is 5.75 Å². The first-order valence-electron chi connectivity index (χ1n) is 10.2. The highest BCUT2D eigenvalue weighted by Crippen LogP contribution is 2.16. The lowest BCUT2D eigenvalue weighted by molar-refractivity contribution is 0.0392. The van der Waals surface area contributed by atoms with E-state index in [0.29, 0.717) is 25.2 Å². The van der Waals surface area contributed by atoms with Crippen LogP contribution in [0.4, 0.5) is 5.69 Å². The molecule has 1 saturated heterocycles. The predicted molar refractivity (Wildman–Crippen MR) is 134 cm³/mol. The molecule has 0 aliphatic carbocycles. The fraction of sp³-hybridized carbons (Fsp3) is 0.435. The number of rotatable bonds is 8. The molecule has 3 rings (SSSR count). The van der Waals surface area contributed by atoms with Gasteiger partial charge >= 0.3 is 0 Å². The van der Waals surface area contributed by atoms with Crippen molar-refractivity contribution >= 4 is 35.6 Å². The molecular weight excluding hydrogens is 491 g/mol. The molecule has 0 saturated carbocycles. The molecule has 0 spiro atoms. The van der Waals surface area contributed by atoms with Gasteiger partial charge in [0.1, 0.15) is 12.4 Å². The predicted octanol–water partition coefficient (Wildman–Crippen LogP) is 4.03. The smallest absolute Gasteiger partial charge is 0.193 e. The van der Waals surface area contributed by atoms with Crippen LogP contribution in [0.15, 0.2) is 53.5 Å². The Morgan fingerprint density at radius 1 is 1.20 bits per heavy atom. The van der Waals surface area contributed by atoms with Gasteiger partial charge in [0.15, 0.2) is 5.96 Å². The van der Waals surface area contributed by atoms with Crippen molar-refractivity contribution < 1.29 is 9.47 Å². The highest BCUT2D eigenvalue weighted by molar-refractivity contribution is 14.0. The van der Waals surface area contributed by atoms with Crippen molar-refractivity contribution in [2.45, 2.75) is 32.4 Å². The van der Waals surface area contributed by atoms with Crippen molar-refractivity contribution in [3.63, 3.8) is 0 Å². The first-order chi connectivity index (χ1) is 14.1. The van der Waals surface area contributed by atoms with E-state index < -0.39 is 0 Å². The van der Waals surface area contributed by atoms with Crippen LogP contribution in [0, 0.1) is 6.92 Å². The van der Waals surface area contributed by atoms with Crippen molar-refractivity contribution in [1.29, 1.82) is 0 Å². The number of ether oxygens (including phenoxy) is 2. The molecule has 1 aliphatic heterocycles. The van der Waals surface area contributed by atoms with E-state index in [2.05, 4.69) is 29.2 Å². The lowest BCUT2D eigenvalue weighted by Gasteiger charge is -2.31. The molecule has 0 unspecified atom stereocenters. The van der Waals surface area contributed by atoms with Crippen LogP contribution in [-0.4, -0.2) is 50.3 Å². The SMILES string of the molecule is Cc1ccc(NC(N)=NCc2cccc(OCCN(C)C3CCOCC3)c2)cc1.I. The second kappa shape index (κ2) is 12.8. The van der Waals surface area contributed by atoms with Gasteiger partial charge in [0.25, 0.3) is 0 Å². The Hall–Kier alpha value is -1.84. The van der Waals surface area contributed by atoms with Gasteiger partial charge in [-0.2, -0.15) is 0 Å². The minimum absolute atomic E-state index is 0. The fourth-order valence-electron chi connectivity index (χ4n) is 3.35. The summed E-state index contributed by atoms with van der Waals surface area (Å²) in [5, 5.41) is 3.11. The van der Waals surface area contributed by atoms with Gasteiger partial charge in [-0.15, -0.1) is 24.0 Å². The summed E-state index contributed by atoms with van der Waals surface area (Å²) in [5.74, 6) is 1.27. The molecule has 3 N–H and O–H groups in total. The largest absolute Gasteiger partial charge is 0.492 e. The zero-order valence-electron chi connectivity index (χ0n) is 17.8. The van der Waals surface area contributed by atoms with Crippen molar-refractivity contribution in [3.05, 3.63) is 59.7 Å². The lowest BCUT2D eigenvalue weighted by atomic mass is 10.1. The molecule has 0 amide bonds. The Morgan fingerprint density at radius 2 is 1.93 bits per heavy atom. The molecule has 0 atom stereocenters. The number of benzene rings is 2. The van der Waals surface area contributed by atoms with Gasteiger partial charge in [-0.25, -0.2) is 4.99 Å². The van der Waals surface area contributed by atoms with Crippen LogP contribution in [0.25, 0.3) is 0 Å². The third kappa shape index (κ3) is 8.12. The Kier molecular flexibility index (Phi) is 10.4. The molecule has 7 heteroatoms. The third-order valence-corrected chi connectivity index (χ3v) is 5.18. The Balaban J connectivity index is 0.00000320. The van der Waals surface area contributed by atoms with Gasteiger partial charge in [-0.05, 0) is 56.6 Å². The second-order valence-electron chi connectivity index (χ2n) is 7.51. The summed E-state index contributed by atoms with van der Waals surface area (Å²) in [6, 6.07) is 16.7. The van der Waals surface area contributed by atoms with E-state index >= 15 is 0 Å². The van der Waals surface area contributed by atoms with Gasteiger partial charge in [0.05, 0.1) is 6.54 Å². The summed E-state index contributed by atoms with van der Waals surface area (Å²) >= 11 is 0. The first-order valence-corrected chi connectivity index (χ1v) is 10.2. The number of guanidine groups is 1.